The summed E-state index contributed by atoms with van der Waals surface area (Å²) in [6, 6.07) is 65.5. The van der Waals surface area contributed by atoms with Gasteiger partial charge in [0, 0.05) is 11.1 Å². The van der Waals surface area contributed by atoms with Crippen molar-refractivity contribution in [2.24, 2.45) is 0 Å². The van der Waals surface area contributed by atoms with Gasteiger partial charge in [-0.05, 0) is 184 Å². The molecule has 0 atom stereocenters. The van der Waals surface area contributed by atoms with E-state index < -0.39 is 5.97 Å². The first kappa shape index (κ1) is 58.2. The Bertz CT molecular complexity index is 3640. The molecule has 0 heterocycles. The first-order valence-electron chi connectivity index (χ1n) is 26.9. The van der Waals surface area contributed by atoms with E-state index >= 15 is 0 Å². The first-order valence-corrected chi connectivity index (χ1v) is 26.9. The van der Waals surface area contributed by atoms with Crippen LogP contribution >= 0.6 is 0 Å². The molecule has 0 aliphatic heterocycles. The Morgan fingerprint density at radius 2 is 0.500 bits per heavy atom. The van der Waals surface area contributed by atoms with Crippen LogP contribution in [0, 0.1) is 6.92 Å². The van der Waals surface area contributed by atoms with Crippen molar-refractivity contribution in [1.29, 1.82) is 0 Å². The highest BCUT2D eigenvalue weighted by Crippen LogP contribution is 2.27. The maximum Gasteiger partial charge on any atom is 0.343 e. The number of esters is 5. The Hall–Kier alpha value is -10.0. The third-order valence-electron chi connectivity index (χ3n) is 12.8. The number of ketones is 1. The smallest absolute Gasteiger partial charge is 0.343 e. The van der Waals surface area contributed by atoms with Crippen LogP contribution in [0.4, 0.5) is 0 Å². The molecule has 9 aromatic rings. The molecule has 9 aromatic carbocycles. The topological polar surface area (TPSA) is 149 Å². The van der Waals surface area contributed by atoms with Gasteiger partial charge in [0.2, 0.25) is 0 Å². The van der Waals surface area contributed by atoms with Crippen LogP contribution in [-0.4, -0.2) is 53.9 Å². The van der Waals surface area contributed by atoms with Crippen molar-refractivity contribution in [3.63, 3.8) is 0 Å². The van der Waals surface area contributed by atoms with Crippen molar-refractivity contribution >= 4 is 35.6 Å². The number of aryl methyl sites for hydroxylation is 1. The number of benzene rings is 9. The van der Waals surface area contributed by atoms with Crippen LogP contribution in [0.3, 0.4) is 0 Å². The van der Waals surface area contributed by atoms with Crippen molar-refractivity contribution in [2.75, 3.05) is 0 Å². The number of hydrogen-bond donors (Lipinski definition) is 0. The molecule has 11 nitrogen and oxygen atoms in total. The van der Waals surface area contributed by atoms with Gasteiger partial charge >= 0.3 is 29.8 Å². The Balaban J connectivity index is 0.000000263. The van der Waals surface area contributed by atoms with Crippen molar-refractivity contribution in [3.8, 4) is 44.9 Å². The highest BCUT2D eigenvalue weighted by atomic mass is 16.6. The van der Waals surface area contributed by atoms with Gasteiger partial charge in [0.15, 0.2) is 5.78 Å². The zero-order valence-electron chi connectivity index (χ0n) is 46.7. The normalized spacial score (nSPS) is 10.8. The van der Waals surface area contributed by atoms with Crippen LogP contribution < -0.4 is 9.47 Å². The molecular formula is C71H62O11. The van der Waals surface area contributed by atoms with Crippen molar-refractivity contribution in [3.05, 3.63) is 274 Å². The molecule has 0 aliphatic carbocycles. The number of carbonyl (C=O) groups excluding carboxylic acids is 6. The van der Waals surface area contributed by atoms with E-state index in [9.17, 15) is 28.8 Å². The van der Waals surface area contributed by atoms with Gasteiger partial charge in [0.1, 0.15) is 11.5 Å². The third-order valence-corrected chi connectivity index (χ3v) is 12.8. The lowest BCUT2D eigenvalue weighted by Crippen LogP contribution is -2.11. The van der Waals surface area contributed by atoms with Crippen LogP contribution in [0.2, 0.25) is 0 Å². The molecule has 9 rings (SSSR count). The van der Waals surface area contributed by atoms with Crippen molar-refractivity contribution < 1.29 is 52.5 Å². The molecule has 0 aliphatic rings. The monoisotopic (exact) mass is 1090 g/mol. The van der Waals surface area contributed by atoms with E-state index in [0.29, 0.717) is 56.9 Å². The summed E-state index contributed by atoms with van der Waals surface area (Å²) in [5, 5.41) is 0. The largest absolute Gasteiger partial charge is 0.459 e. The van der Waals surface area contributed by atoms with Crippen LogP contribution in [0.15, 0.2) is 218 Å². The molecule has 0 saturated carbocycles. The molecule has 11 heteroatoms. The fourth-order valence-electron chi connectivity index (χ4n) is 8.44. The van der Waals surface area contributed by atoms with Gasteiger partial charge in [-0.3, -0.25) is 4.79 Å². The summed E-state index contributed by atoms with van der Waals surface area (Å²) in [4.78, 5) is 74.5. The zero-order chi connectivity index (χ0) is 58.3. The van der Waals surface area contributed by atoms with Gasteiger partial charge in [-0.1, -0.05) is 139 Å². The Morgan fingerprint density at radius 1 is 0.280 bits per heavy atom. The van der Waals surface area contributed by atoms with E-state index in [2.05, 4.69) is 0 Å². The Labute approximate surface area is 478 Å². The summed E-state index contributed by atoms with van der Waals surface area (Å²) in [6.07, 6.45) is 0.114. The second kappa shape index (κ2) is 27.2. The van der Waals surface area contributed by atoms with Crippen LogP contribution in [-0.2, 0) is 20.6 Å². The first-order chi connectivity index (χ1) is 39.4. The molecule has 0 saturated heterocycles. The molecule has 0 spiro atoms. The highest BCUT2D eigenvalue weighted by Gasteiger charge is 2.16. The predicted molar refractivity (Wildman–Crippen MR) is 318 cm³/mol. The third kappa shape index (κ3) is 16.1. The van der Waals surface area contributed by atoms with E-state index in [-0.39, 0.29) is 48.0 Å². The lowest BCUT2D eigenvalue weighted by molar-refractivity contribution is 0.0367. The molecule has 412 valence electrons. The molecule has 0 aromatic heterocycles. The highest BCUT2D eigenvalue weighted by molar-refractivity contribution is 6.09. The Kier molecular flexibility index (Phi) is 19.3. The molecule has 0 amide bonds. The fraction of sp³-hybridized carbons (Fsp3) is 0.155. The van der Waals surface area contributed by atoms with Crippen molar-refractivity contribution in [2.45, 2.75) is 73.2 Å². The quantitative estimate of drug-likeness (QED) is 0.0371. The van der Waals surface area contributed by atoms with Gasteiger partial charge in [0.25, 0.3) is 0 Å². The number of carbonyl (C=O) groups is 6. The van der Waals surface area contributed by atoms with E-state index in [4.69, 9.17) is 23.7 Å². The standard InChI is InChI=1S/C47H40O7.C24H22O4/c1-30(2)52-45(49)41-21-15-35(16-22-41)34-13-19-39(20-14-34)44(48)38-9-5-32(6-10-38)29-33-7-11-40(12-8-33)47(51)54-43-27-25-37(26-28-43)36-17-23-42(24-18-36)46(50)53-31(3)4;1-16(2)27-23(25)21-10-8-18(9-11-21)19-12-14-22(15-13-19)28-24(26)20-6-4-17(3)5-7-20/h5-28,30-31H,29H2,1-4H3;4-16H,1-3H3. The SMILES string of the molecule is CC(C)OC(=O)c1ccc(-c2ccc(OC(=O)c3ccc(Cc4ccc(C(=O)c5ccc(-c6ccc(C(=O)OC(C)C)cc6)cc5)cc4)cc3)cc2)cc1.Cc1ccc(C(=O)Oc2ccc(-c3ccc(C(=O)OC(C)C)cc3)cc2)cc1. The lowest BCUT2D eigenvalue weighted by Gasteiger charge is -2.09. The van der Waals surface area contributed by atoms with E-state index in [0.717, 1.165) is 50.1 Å². The average Bonchev–Trinajstić information content (AvgIpc) is 3.63. The van der Waals surface area contributed by atoms with Gasteiger partial charge in [-0.15, -0.1) is 0 Å². The summed E-state index contributed by atoms with van der Waals surface area (Å²) in [5.74, 6) is -1.06. The number of hydrogen-bond acceptors (Lipinski definition) is 11. The molecule has 0 bridgehead atoms. The Morgan fingerprint density at radius 3 is 0.780 bits per heavy atom. The second-order valence-electron chi connectivity index (χ2n) is 20.3. The molecular weight excluding hydrogens is 1030 g/mol. The summed E-state index contributed by atoms with van der Waals surface area (Å²) in [5.41, 5.74) is 12.4. The van der Waals surface area contributed by atoms with Crippen LogP contribution in [0.1, 0.15) is 126 Å². The molecule has 0 unspecified atom stereocenters. The van der Waals surface area contributed by atoms with Crippen LogP contribution in [0.5, 0.6) is 11.5 Å². The van der Waals surface area contributed by atoms with Gasteiger partial charge in [-0.2, -0.15) is 0 Å². The minimum absolute atomic E-state index is 0.0724. The van der Waals surface area contributed by atoms with E-state index in [1.807, 2.05) is 182 Å². The molecule has 0 radical (unpaired) electrons. The van der Waals surface area contributed by atoms with E-state index in [1.165, 1.54) is 0 Å². The fourth-order valence-corrected chi connectivity index (χ4v) is 8.44. The zero-order valence-corrected chi connectivity index (χ0v) is 46.7. The number of rotatable bonds is 17. The lowest BCUT2D eigenvalue weighted by atomic mass is 9.97. The molecule has 82 heavy (non-hydrogen) atoms. The van der Waals surface area contributed by atoms with E-state index in [1.54, 1.807) is 84.9 Å². The number of ether oxygens (including phenoxy) is 5. The molecule has 0 N–H and O–H groups in total. The van der Waals surface area contributed by atoms with Crippen molar-refractivity contribution in [1.82, 2.24) is 0 Å². The summed E-state index contributed by atoms with van der Waals surface area (Å²) < 4.78 is 26.7. The van der Waals surface area contributed by atoms with Crippen LogP contribution in [0.25, 0.3) is 33.4 Å². The molecule has 0 fully saturated rings. The second-order valence-corrected chi connectivity index (χ2v) is 20.3. The van der Waals surface area contributed by atoms with Gasteiger partial charge in [-0.25, -0.2) is 24.0 Å². The average molecular weight is 1090 g/mol. The van der Waals surface area contributed by atoms with Gasteiger partial charge < -0.3 is 23.7 Å². The maximum absolute atomic E-state index is 13.2. The minimum atomic E-state index is -0.459. The predicted octanol–water partition coefficient (Wildman–Crippen LogP) is 15.6. The summed E-state index contributed by atoms with van der Waals surface area (Å²) >= 11 is 0. The maximum atomic E-state index is 13.2. The van der Waals surface area contributed by atoms with Gasteiger partial charge in [0.05, 0.1) is 46.1 Å². The summed E-state index contributed by atoms with van der Waals surface area (Å²) in [6.45, 7) is 12.9. The minimum Gasteiger partial charge on any atom is -0.459 e. The summed E-state index contributed by atoms with van der Waals surface area (Å²) in [7, 11) is 0.